The lowest BCUT2D eigenvalue weighted by Crippen LogP contribution is -2.49. The van der Waals surface area contributed by atoms with E-state index < -0.39 is 31.4 Å². The quantitative estimate of drug-likeness (QED) is 0.0505. The zero-order valence-corrected chi connectivity index (χ0v) is 33.0. The highest BCUT2D eigenvalue weighted by Gasteiger charge is 2.27. The summed E-state index contributed by atoms with van der Waals surface area (Å²) in [5.74, 6) is 0.725. The average Bonchev–Trinajstić information content (AvgIpc) is 3.25. The Labute approximate surface area is 339 Å². The van der Waals surface area contributed by atoms with Crippen molar-refractivity contribution in [1.82, 2.24) is 19.8 Å². The molecule has 1 aliphatic heterocycles. The van der Waals surface area contributed by atoms with Crippen molar-refractivity contribution in [2.24, 2.45) is 0 Å². The van der Waals surface area contributed by atoms with Gasteiger partial charge in [0.1, 0.15) is 11.4 Å². The molecule has 2 amide bonds. The summed E-state index contributed by atoms with van der Waals surface area (Å²) in [7, 11) is -4.50. The van der Waals surface area contributed by atoms with Gasteiger partial charge in [-0.3, -0.25) is 19.7 Å². The summed E-state index contributed by atoms with van der Waals surface area (Å²) in [6.45, 7) is 4.64. The molecular formula is C42H39N7O7S2. The molecule has 296 valence electrons. The summed E-state index contributed by atoms with van der Waals surface area (Å²) >= 11 is 1.57. The van der Waals surface area contributed by atoms with Crippen LogP contribution in [0.15, 0.2) is 131 Å². The second kappa shape index (κ2) is 17.7. The number of anilines is 2. The molecule has 6 aromatic rings. The highest BCUT2D eigenvalue weighted by Crippen LogP contribution is 2.34. The van der Waals surface area contributed by atoms with Crippen LogP contribution in [-0.4, -0.2) is 85.3 Å². The van der Waals surface area contributed by atoms with Crippen LogP contribution in [0.25, 0.3) is 21.9 Å². The van der Waals surface area contributed by atoms with Crippen molar-refractivity contribution in [3.8, 4) is 16.9 Å². The number of benzene rings is 5. The maximum Gasteiger partial charge on any atom is 0.293 e. The van der Waals surface area contributed by atoms with Gasteiger partial charge < -0.3 is 19.9 Å². The number of nitrogens with one attached hydrogen (secondary N) is 2. The summed E-state index contributed by atoms with van der Waals surface area (Å²) < 4.78 is 33.9. The number of aromatic nitrogens is 2. The van der Waals surface area contributed by atoms with Crippen LogP contribution in [0.2, 0.25) is 0 Å². The van der Waals surface area contributed by atoms with E-state index in [1.165, 1.54) is 18.2 Å². The monoisotopic (exact) mass is 817 g/mol. The second-order valence-electron chi connectivity index (χ2n) is 13.2. The Bertz CT molecular complexity index is 2570. The van der Waals surface area contributed by atoms with Gasteiger partial charge in [0.2, 0.25) is 0 Å². The molecule has 14 nitrogen and oxygen atoms in total. The van der Waals surface area contributed by atoms with E-state index in [2.05, 4.69) is 15.5 Å². The van der Waals surface area contributed by atoms with Crippen molar-refractivity contribution < 1.29 is 27.7 Å². The van der Waals surface area contributed by atoms with E-state index >= 15 is 0 Å². The van der Waals surface area contributed by atoms with Gasteiger partial charge >= 0.3 is 0 Å². The molecule has 58 heavy (non-hydrogen) atoms. The van der Waals surface area contributed by atoms with E-state index in [0.717, 1.165) is 38.6 Å². The minimum atomic E-state index is -4.50. The summed E-state index contributed by atoms with van der Waals surface area (Å²) in [6.07, 6.45) is 0. The zero-order chi connectivity index (χ0) is 40.6. The number of piperazine rings is 1. The molecule has 0 aliphatic carbocycles. The molecule has 0 bridgehead atoms. The van der Waals surface area contributed by atoms with E-state index in [4.69, 9.17) is 4.74 Å². The Balaban J connectivity index is 0.957. The Morgan fingerprint density at radius 2 is 1.60 bits per heavy atom. The second-order valence-corrected chi connectivity index (χ2v) is 16.0. The number of hydrogen-bond acceptors (Lipinski definition) is 12. The van der Waals surface area contributed by atoms with Crippen molar-refractivity contribution in [3.05, 3.63) is 143 Å². The number of amides is 2. The fourth-order valence-corrected chi connectivity index (χ4v) is 8.43. The molecule has 1 fully saturated rings. The van der Waals surface area contributed by atoms with E-state index in [1.54, 1.807) is 22.7 Å². The molecule has 2 N–H and O–H groups in total. The number of fused-ring (bicyclic) bond motifs is 1. The number of thioether (sulfide) groups is 1. The zero-order valence-electron chi connectivity index (χ0n) is 31.4. The SMILES string of the molecule is CCOc1cccc(-c2ccc(C(=O)N3CCN(c4ccc(C(=O)NS(=O)(=O)c5ccc(NCCSc6ccccc6)c([N+](=O)[O-])c5)nn4)CC3)c3ccccc23)c1. The summed E-state index contributed by atoms with van der Waals surface area (Å²) in [5, 5.41) is 24.8. The van der Waals surface area contributed by atoms with Crippen molar-refractivity contribution >= 4 is 61.6 Å². The molecule has 0 unspecified atom stereocenters. The number of nitro groups is 1. The van der Waals surface area contributed by atoms with Gasteiger partial charge in [0, 0.05) is 55.0 Å². The predicted molar refractivity (Wildman–Crippen MR) is 224 cm³/mol. The number of sulfonamides is 1. The molecular weight excluding hydrogens is 779 g/mol. The lowest BCUT2D eigenvalue weighted by Gasteiger charge is -2.35. The van der Waals surface area contributed by atoms with Crippen LogP contribution >= 0.6 is 11.8 Å². The number of carbonyl (C=O) groups is 2. The van der Waals surface area contributed by atoms with Gasteiger partial charge in [0.25, 0.3) is 27.5 Å². The Morgan fingerprint density at radius 1 is 0.845 bits per heavy atom. The Morgan fingerprint density at radius 3 is 2.33 bits per heavy atom. The first-order chi connectivity index (χ1) is 28.1. The first-order valence-electron chi connectivity index (χ1n) is 18.5. The van der Waals surface area contributed by atoms with Gasteiger partial charge in [-0.05, 0) is 83.4 Å². The number of hydrogen-bond donors (Lipinski definition) is 2. The Hall–Kier alpha value is -6.52. The van der Waals surface area contributed by atoms with Gasteiger partial charge in [-0.25, -0.2) is 13.1 Å². The van der Waals surface area contributed by atoms with Gasteiger partial charge in [0.05, 0.1) is 16.4 Å². The standard InChI is InChI=1S/C42H39N7O7S2/c1-2-56-30-10-8-9-29(27-30)33-16-17-36(35-14-7-6-13-34(33)35)42(51)48-24-22-47(23-25-48)40-20-19-38(44-45-40)41(50)46-58(54,55)32-15-18-37(39(28-32)49(52)53)43-21-26-57-31-11-4-3-5-12-31/h3-20,27-28,43H,2,21-26H2,1H3,(H,46,50). The molecule has 1 saturated heterocycles. The fraction of sp³-hybridized carbons (Fsp3) is 0.190. The van der Waals surface area contributed by atoms with Gasteiger partial charge in [-0.15, -0.1) is 22.0 Å². The molecule has 16 heteroatoms. The maximum atomic E-state index is 13.9. The first-order valence-corrected chi connectivity index (χ1v) is 21.0. The van der Waals surface area contributed by atoms with E-state index in [9.17, 15) is 28.1 Å². The van der Waals surface area contributed by atoms with Crippen LogP contribution in [0.3, 0.4) is 0 Å². The van der Waals surface area contributed by atoms with Gasteiger partial charge in [-0.1, -0.05) is 60.7 Å². The molecule has 5 aromatic carbocycles. The lowest BCUT2D eigenvalue weighted by molar-refractivity contribution is -0.384. The molecule has 1 aliphatic rings. The molecule has 0 saturated carbocycles. The van der Waals surface area contributed by atoms with Crippen LogP contribution in [0, 0.1) is 10.1 Å². The highest BCUT2D eigenvalue weighted by molar-refractivity contribution is 7.99. The van der Waals surface area contributed by atoms with Crippen molar-refractivity contribution in [2.75, 3.05) is 55.3 Å². The number of nitrogens with zero attached hydrogens (tertiary/aromatic N) is 5. The summed E-state index contributed by atoms with van der Waals surface area (Å²) in [5.41, 5.74) is 2.05. The Kier molecular flexibility index (Phi) is 12.1. The topological polar surface area (TPSA) is 177 Å². The van der Waals surface area contributed by atoms with Crippen LogP contribution < -0.4 is 19.7 Å². The third-order valence-corrected chi connectivity index (χ3v) is 11.9. The molecule has 0 atom stereocenters. The maximum absolute atomic E-state index is 13.9. The third-order valence-electron chi connectivity index (χ3n) is 9.52. The lowest BCUT2D eigenvalue weighted by atomic mass is 9.94. The molecule has 2 heterocycles. The molecule has 0 radical (unpaired) electrons. The number of carbonyl (C=O) groups excluding carboxylic acids is 2. The van der Waals surface area contributed by atoms with E-state index in [1.807, 2.05) is 108 Å². The van der Waals surface area contributed by atoms with Crippen LogP contribution in [-0.2, 0) is 10.0 Å². The number of rotatable bonds is 14. The first kappa shape index (κ1) is 39.7. The van der Waals surface area contributed by atoms with Gasteiger partial charge in [0.15, 0.2) is 11.5 Å². The van der Waals surface area contributed by atoms with E-state index in [0.29, 0.717) is 56.5 Å². The van der Waals surface area contributed by atoms with Gasteiger partial charge in [-0.2, -0.15) is 0 Å². The summed E-state index contributed by atoms with van der Waals surface area (Å²) in [4.78, 5) is 42.3. The highest BCUT2D eigenvalue weighted by atomic mass is 32.2. The molecule has 1 aromatic heterocycles. The van der Waals surface area contributed by atoms with Crippen molar-refractivity contribution in [1.29, 1.82) is 0 Å². The predicted octanol–water partition coefficient (Wildman–Crippen LogP) is 6.89. The fourth-order valence-electron chi connectivity index (χ4n) is 6.67. The average molecular weight is 818 g/mol. The minimum Gasteiger partial charge on any atom is -0.494 e. The number of ether oxygens (including phenoxy) is 1. The summed E-state index contributed by atoms with van der Waals surface area (Å²) in [6, 6.07) is 35.6. The normalized spacial score (nSPS) is 12.9. The van der Waals surface area contributed by atoms with E-state index in [-0.39, 0.29) is 17.3 Å². The van der Waals surface area contributed by atoms with Crippen LogP contribution in [0.1, 0.15) is 27.8 Å². The van der Waals surface area contributed by atoms with Crippen molar-refractivity contribution in [3.63, 3.8) is 0 Å². The number of nitro benzene ring substituents is 1. The largest absolute Gasteiger partial charge is 0.494 e. The smallest absolute Gasteiger partial charge is 0.293 e. The van der Waals surface area contributed by atoms with Crippen LogP contribution in [0.5, 0.6) is 5.75 Å². The third kappa shape index (κ3) is 9.03. The van der Waals surface area contributed by atoms with Crippen LogP contribution in [0.4, 0.5) is 17.2 Å². The van der Waals surface area contributed by atoms with Crippen molar-refractivity contribution in [2.45, 2.75) is 16.7 Å². The molecule has 7 rings (SSSR count). The minimum absolute atomic E-state index is 0.0843. The molecule has 0 spiro atoms.